The van der Waals surface area contributed by atoms with Crippen LogP contribution >= 0.6 is 11.6 Å². The standard InChI is InChI=1S/C12H11ClN2O2/c1-2-6-14-8-11(16)15(12(14)17)10-5-3-4-9(13)7-10/h2-5,7H,1,6,8H2. The molecule has 1 fully saturated rings. The van der Waals surface area contributed by atoms with Gasteiger partial charge in [0.1, 0.15) is 6.54 Å². The van der Waals surface area contributed by atoms with Crippen LogP contribution in [0.5, 0.6) is 0 Å². The first-order chi connectivity index (χ1) is 8.13. The first-order valence-electron chi connectivity index (χ1n) is 5.12. The van der Waals surface area contributed by atoms with E-state index in [1.54, 1.807) is 30.3 Å². The molecule has 1 aliphatic rings. The maximum absolute atomic E-state index is 12.0. The van der Waals surface area contributed by atoms with E-state index in [-0.39, 0.29) is 18.5 Å². The lowest BCUT2D eigenvalue weighted by molar-refractivity contribution is -0.116. The zero-order valence-electron chi connectivity index (χ0n) is 9.10. The van der Waals surface area contributed by atoms with Crippen LogP contribution in [0, 0.1) is 0 Å². The molecule has 17 heavy (non-hydrogen) atoms. The molecule has 0 radical (unpaired) electrons. The predicted octanol–water partition coefficient (Wildman–Crippen LogP) is 2.29. The Morgan fingerprint density at radius 3 is 2.82 bits per heavy atom. The minimum absolute atomic E-state index is 0.0807. The summed E-state index contributed by atoms with van der Waals surface area (Å²) in [4.78, 5) is 26.3. The fraction of sp³-hybridized carbons (Fsp3) is 0.167. The van der Waals surface area contributed by atoms with Crippen molar-refractivity contribution < 1.29 is 9.59 Å². The molecule has 1 aliphatic heterocycles. The normalized spacial score (nSPS) is 15.6. The van der Waals surface area contributed by atoms with Crippen molar-refractivity contribution in [2.45, 2.75) is 0 Å². The third kappa shape index (κ3) is 2.17. The summed E-state index contributed by atoms with van der Waals surface area (Å²) < 4.78 is 0. The smallest absolute Gasteiger partial charge is 0.311 e. The summed E-state index contributed by atoms with van der Waals surface area (Å²) in [6, 6.07) is 6.33. The molecule has 1 heterocycles. The molecule has 0 N–H and O–H groups in total. The number of amides is 3. The number of anilines is 1. The van der Waals surface area contributed by atoms with Crippen LogP contribution in [0.3, 0.4) is 0 Å². The number of carbonyl (C=O) groups excluding carboxylic acids is 2. The van der Waals surface area contributed by atoms with Crippen molar-refractivity contribution in [3.05, 3.63) is 41.9 Å². The van der Waals surface area contributed by atoms with Gasteiger partial charge in [-0.15, -0.1) is 6.58 Å². The van der Waals surface area contributed by atoms with Crippen molar-refractivity contribution in [1.29, 1.82) is 0 Å². The van der Waals surface area contributed by atoms with Crippen LogP contribution in [0.1, 0.15) is 0 Å². The van der Waals surface area contributed by atoms with Gasteiger partial charge in [0.2, 0.25) is 0 Å². The third-order valence-electron chi connectivity index (χ3n) is 2.45. The maximum Gasteiger partial charge on any atom is 0.332 e. The van der Waals surface area contributed by atoms with Gasteiger partial charge in [-0.05, 0) is 18.2 Å². The highest BCUT2D eigenvalue weighted by atomic mass is 35.5. The Bertz CT molecular complexity index is 487. The molecule has 1 saturated heterocycles. The van der Waals surface area contributed by atoms with Gasteiger partial charge in [0, 0.05) is 11.6 Å². The molecular weight excluding hydrogens is 240 g/mol. The predicted molar refractivity (Wildman–Crippen MR) is 66.1 cm³/mol. The van der Waals surface area contributed by atoms with Crippen LogP contribution in [-0.2, 0) is 4.79 Å². The Kier molecular flexibility index (Phi) is 3.15. The van der Waals surface area contributed by atoms with E-state index in [2.05, 4.69) is 6.58 Å². The highest BCUT2D eigenvalue weighted by Gasteiger charge is 2.36. The van der Waals surface area contributed by atoms with E-state index in [0.717, 1.165) is 4.90 Å². The number of carbonyl (C=O) groups is 2. The second kappa shape index (κ2) is 4.59. The number of benzene rings is 1. The number of nitrogens with zero attached hydrogens (tertiary/aromatic N) is 2. The Labute approximate surface area is 104 Å². The number of urea groups is 1. The van der Waals surface area contributed by atoms with Crippen LogP contribution in [0.4, 0.5) is 10.5 Å². The summed E-state index contributed by atoms with van der Waals surface area (Å²) in [5.74, 6) is -0.251. The van der Waals surface area contributed by atoms with Crippen molar-refractivity contribution in [3.63, 3.8) is 0 Å². The van der Waals surface area contributed by atoms with Gasteiger partial charge in [0.15, 0.2) is 0 Å². The van der Waals surface area contributed by atoms with Crippen LogP contribution in [0.15, 0.2) is 36.9 Å². The van der Waals surface area contributed by atoms with Crippen LogP contribution in [0.2, 0.25) is 5.02 Å². The van der Waals surface area contributed by atoms with E-state index in [1.165, 1.54) is 4.90 Å². The lowest BCUT2D eigenvalue weighted by Crippen LogP contribution is -2.33. The van der Waals surface area contributed by atoms with Crippen LogP contribution < -0.4 is 4.90 Å². The van der Waals surface area contributed by atoms with Crippen molar-refractivity contribution in [2.24, 2.45) is 0 Å². The molecule has 3 amide bonds. The van der Waals surface area contributed by atoms with Crippen molar-refractivity contribution in [3.8, 4) is 0 Å². The van der Waals surface area contributed by atoms with Crippen molar-refractivity contribution in [2.75, 3.05) is 18.0 Å². The average molecular weight is 251 g/mol. The SMILES string of the molecule is C=CCN1CC(=O)N(c2cccc(Cl)c2)C1=O. The first-order valence-corrected chi connectivity index (χ1v) is 5.49. The van der Waals surface area contributed by atoms with E-state index in [0.29, 0.717) is 17.3 Å². The topological polar surface area (TPSA) is 40.6 Å². The van der Waals surface area contributed by atoms with E-state index in [4.69, 9.17) is 11.6 Å². The Balaban J connectivity index is 2.30. The van der Waals surface area contributed by atoms with Gasteiger partial charge >= 0.3 is 6.03 Å². The number of halogens is 1. The van der Waals surface area contributed by atoms with Crippen LogP contribution in [0.25, 0.3) is 0 Å². The molecule has 0 saturated carbocycles. The van der Waals surface area contributed by atoms with E-state index in [1.807, 2.05) is 0 Å². The summed E-state index contributed by atoms with van der Waals surface area (Å²) in [7, 11) is 0. The summed E-state index contributed by atoms with van der Waals surface area (Å²) >= 11 is 5.84. The Morgan fingerprint density at radius 2 is 2.18 bits per heavy atom. The molecule has 1 aromatic carbocycles. The Morgan fingerprint density at radius 1 is 1.41 bits per heavy atom. The molecule has 0 atom stereocenters. The quantitative estimate of drug-likeness (QED) is 0.610. The van der Waals surface area contributed by atoms with E-state index in [9.17, 15) is 9.59 Å². The van der Waals surface area contributed by atoms with Gasteiger partial charge in [-0.2, -0.15) is 0 Å². The minimum atomic E-state index is -0.336. The van der Waals surface area contributed by atoms with Gasteiger partial charge in [-0.1, -0.05) is 23.7 Å². The fourth-order valence-corrected chi connectivity index (χ4v) is 1.90. The number of imide groups is 1. The molecule has 0 aliphatic carbocycles. The first kappa shape index (κ1) is 11.7. The molecule has 0 aromatic heterocycles. The van der Waals surface area contributed by atoms with Gasteiger partial charge in [-0.25, -0.2) is 9.69 Å². The summed E-state index contributed by atoms with van der Waals surface area (Å²) in [5.41, 5.74) is 0.499. The third-order valence-corrected chi connectivity index (χ3v) is 2.69. The second-order valence-corrected chi connectivity index (χ2v) is 4.10. The lowest BCUT2D eigenvalue weighted by Gasteiger charge is -2.15. The fourth-order valence-electron chi connectivity index (χ4n) is 1.72. The molecule has 0 unspecified atom stereocenters. The summed E-state index contributed by atoms with van der Waals surface area (Å²) in [6.45, 7) is 3.99. The molecule has 2 rings (SSSR count). The van der Waals surface area contributed by atoms with Gasteiger partial charge < -0.3 is 4.90 Å². The van der Waals surface area contributed by atoms with Crippen LogP contribution in [-0.4, -0.2) is 29.9 Å². The molecule has 0 bridgehead atoms. The zero-order chi connectivity index (χ0) is 12.4. The molecule has 5 heteroatoms. The highest BCUT2D eigenvalue weighted by molar-refractivity contribution is 6.31. The van der Waals surface area contributed by atoms with E-state index < -0.39 is 0 Å². The number of hydrogen-bond donors (Lipinski definition) is 0. The molecule has 0 spiro atoms. The van der Waals surface area contributed by atoms with E-state index >= 15 is 0 Å². The lowest BCUT2D eigenvalue weighted by atomic mass is 10.3. The summed E-state index contributed by atoms with van der Waals surface area (Å²) in [5, 5.41) is 0.491. The number of hydrogen-bond acceptors (Lipinski definition) is 2. The van der Waals surface area contributed by atoms with Crippen molar-refractivity contribution >= 4 is 29.2 Å². The van der Waals surface area contributed by atoms with Gasteiger partial charge in [0.25, 0.3) is 5.91 Å². The highest BCUT2D eigenvalue weighted by Crippen LogP contribution is 2.24. The monoisotopic (exact) mass is 250 g/mol. The maximum atomic E-state index is 12.0. The van der Waals surface area contributed by atoms with Gasteiger partial charge in [0.05, 0.1) is 5.69 Å². The minimum Gasteiger partial charge on any atom is -0.311 e. The summed E-state index contributed by atoms with van der Waals surface area (Å²) in [6.07, 6.45) is 1.59. The largest absolute Gasteiger partial charge is 0.332 e. The molecule has 4 nitrogen and oxygen atoms in total. The number of rotatable bonds is 3. The average Bonchev–Trinajstić information content (AvgIpc) is 2.55. The van der Waals surface area contributed by atoms with Crippen molar-refractivity contribution in [1.82, 2.24) is 4.90 Å². The Hall–Kier alpha value is -1.81. The van der Waals surface area contributed by atoms with Gasteiger partial charge in [-0.3, -0.25) is 4.79 Å². The zero-order valence-corrected chi connectivity index (χ0v) is 9.85. The second-order valence-electron chi connectivity index (χ2n) is 3.66. The molecular formula is C12H11ClN2O2. The molecule has 1 aromatic rings. The molecule has 88 valence electrons.